The number of nitrogens with zero attached hydrogens (tertiary/aromatic N) is 3. The van der Waals surface area contributed by atoms with Crippen LogP contribution in [0.1, 0.15) is 21.7 Å². The van der Waals surface area contributed by atoms with E-state index in [9.17, 15) is 9.18 Å². The van der Waals surface area contributed by atoms with Gasteiger partial charge in [0.15, 0.2) is 0 Å². The van der Waals surface area contributed by atoms with E-state index in [4.69, 9.17) is 0 Å². The number of amides is 1. The molecule has 0 bridgehead atoms. The van der Waals surface area contributed by atoms with Gasteiger partial charge in [-0.05, 0) is 55.0 Å². The van der Waals surface area contributed by atoms with E-state index < -0.39 is 0 Å². The lowest BCUT2D eigenvalue weighted by Crippen LogP contribution is -2.16. The summed E-state index contributed by atoms with van der Waals surface area (Å²) in [7, 11) is 3.91. The summed E-state index contributed by atoms with van der Waals surface area (Å²) >= 11 is 0. The number of nitrogens with one attached hydrogen (secondary N) is 2. The second-order valence-corrected chi connectivity index (χ2v) is 6.59. The van der Waals surface area contributed by atoms with Gasteiger partial charge in [-0.25, -0.2) is 14.4 Å². The molecule has 0 unspecified atom stereocenters. The van der Waals surface area contributed by atoms with Crippen molar-refractivity contribution in [3.63, 3.8) is 0 Å². The highest BCUT2D eigenvalue weighted by Crippen LogP contribution is 2.17. The Hall–Kier alpha value is -3.48. The van der Waals surface area contributed by atoms with Crippen molar-refractivity contribution in [1.29, 1.82) is 0 Å². The molecule has 3 aromatic rings. The quantitative estimate of drug-likeness (QED) is 0.681. The molecule has 144 valence electrons. The summed E-state index contributed by atoms with van der Waals surface area (Å²) < 4.78 is 13.0. The predicted molar refractivity (Wildman–Crippen MR) is 109 cm³/mol. The van der Waals surface area contributed by atoms with Gasteiger partial charge in [0.25, 0.3) is 5.91 Å². The number of carbonyl (C=O) groups is 1. The molecule has 0 saturated heterocycles. The summed E-state index contributed by atoms with van der Waals surface area (Å²) in [6.07, 6.45) is 0. The standard InChI is InChI=1S/C21H22FN5O/c1-14-12-19(20(28)25-17-8-10-18(11-9-17)27(2)3)26-21(24-14)23-13-15-4-6-16(22)7-5-15/h4-12H,13H2,1-3H3,(H,25,28)(H,23,24,26). The second kappa shape index (κ2) is 8.47. The van der Waals surface area contributed by atoms with Crippen LogP contribution in [0.15, 0.2) is 54.6 Å². The molecule has 1 heterocycles. The van der Waals surface area contributed by atoms with E-state index >= 15 is 0 Å². The fraction of sp³-hybridized carbons (Fsp3) is 0.190. The fourth-order valence-electron chi connectivity index (χ4n) is 2.59. The van der Waals surface area contributed by atoms with Gasteiger partial charge in [0, 0.05) is 37.7 Å². The maximum Gasteiger partial charge on any atom is 0.274 e. The van der Waals surface area contributed by atoms with Crippen molar-refractivity contribution in [2.45, 2.75) is 13.5 Å². The number of aromatic nitrogens is 2. The molecule has 0 spiro atoms. The Morgan fingerprint density at radius 2 is 1.71 bits per heavy atom. The molecule has 1 aromatic heterocycles. The van der Waals surface area contributed by atoms with Crippen molar-refractivity contribution in [1.82, 2.24) is 9.97 Å². The lowest BCUT2D eigenvalue weighted by molar-refractivity contribution is 0.102. The minimum absolute atomic E-state index is 0.269. The molecule has 3 rings (SSSR count). The Labute approximate surface area is 163 Å². The topological polar surface area (TPSA) is 70.2 Å². The third kappa shape index (κ3) is 5.03. The number of aryl methyl sites for hydroxylation is 1. The molecule has 0 saturated carbocycles. The van der Waals surface area contributed by atoms with Gasteiger partial charge in [-0.3, -0.25) is 4.79 Å². The number of anilines is 3. The first-order chi connectivity index (χ1) is 13.4. The summed E-state index contributed by atoms with van der Waals surface area (Å²) in [5.74, 6) is -0.251. The zero-order chi connectivity index (χ0) is 20.1. The maximum atomic E-state index is 13.0. The summed E-state index contributed by atoms with van der Waals surface area (Å²) in [4.78, 5) is 23.1. The van der Waals surface area contributed by atoms with Gasteiger partial charge in [0.05, 0.1) is 0 Å². The molecular weight excluding hydrogens is 357 g/mol. The summed E-state index contributed by atoms with van der Waals surface area (Å²) in [5.41, 5.74) is 3.56. The average Bonchev–Trinajstić information content (AvgIpc) is 2.67. The van der Waals surface area contributed by atoms with Crippen LogP contribution in [0.3, 0.4) is 0 Å². The van der Waals surface area contributed by atoms with E-state index in [2.05, 4.69) is 20.6 Å². The molecule has 6 nitrogen and oxygen atoms in total. The zero-order valence-corrected chi connectivity index (χ0v) is 16.0. The van der Waals surface area contributed by atoms with Gasteiger partial charge < -0.3 is 15.5 Å². The van der Waals surface area contributed by atoms with Gasteiger partial charge in [-0.1, -0.05) is 12.1 Å². The number of halogens is 1. The van der Waals surface area contributed by atoms with E-state index in [0.29, 0.717) is 23.9 Å². The van der Waals surface area contributed by atoms with Crippen molar-refractivity contribution < 1.29 is 9.18 Å². The van der Waals surface area contributed by atoms with Crippen LogP contribution >= 0.6 is 0 Å². The van der Waals surface area contributed by atoms with E-state index in [0.717, 1.165) is 11.3 Å². The normalized spacial score (nSPS) is 10.4. The maximum absolute atomic E-state index is 13.0. The van der Waals surface area contributed by atoms with Gasteiger partial charge in [0.1, 0.15) is 11.5 Å². The summed E-state index contributed by atoms with van der Waals surface area (Å²) in [6.45, 7) is 2.23. The average molecular weight is 379 g/mol. The molecule has 0 fully saturated rings. The third-order valence-electron chi connectivity index (χ3n) is 4.09. The summed E-state index contributed by atoms with van der Waals surface area (Å²) in [6, 6.07) is 15.3. The van der Waals surface area contributed by atoms with Gasteiger partial charge in [-0.15, -0.1) is 0 Å². The number of rotatable bonds is 6. The molecule has 1 amide bonds. The fourth-order valence-corrected chi connectivity index (χ4v) is 2.59. The van der Waals surface area contributed by atoms with Gasteiger partial charge >= 0.3 is 0 Å². The smallest absolute Gasteiger partial charge is 0.274 e. The lowest BCUT2D eigenvalue weighted by atomic mass is 10.2. The predicted octanol–water partition coefficient (Wildman–Crippen LogP) is 3.85. The molecule has 2 aromatic carbocycles. The van der Waals surface area contributed by atoms with Crippen LogP contribution in [0, 0.1) is 12.7 Å². The highest BCUT2D eigenvalue weighted by molar-refractivity contribution is 6.03. The number of hydrogen-bond donors (Lipinski definition) is 2. The highest BCUT2D eigenvalue weighted by atomic mass is 19.1. The van der Waals surface area contributed by atoms with E-state index in [-0.39, 0.29) is 17.4 Å². The first-order valence-corrected chi connectivity index (χ1v) is 8.83. The molecule has 2 N–H and O–H groups in total. The van der Waals surface area contributed by atoms with Gasteiger partial charge in [-0.2, -0.15) is 0 Å². The van der Waals surface area contributed by atoms with Crippen LogP contribution in [-0.2, 0) is 6.54 Å². The van der Waals surface area contributed by atoms with E-state index in [1.807, 2.05) is 43.3 Å². The Morgan fingerprint density at radius 1 is 1.04 bits per heavy atom. The number of hydrogen-bond acceptors (Lipinski definition) is 5. The van der Waals surface area contributed by atoms with Crippen LogP contribution in [-0.4, -0.2) is 30.0 Å². The van der Waals surface area contributed by atoms with Crippen molar-refractivity contribution in [3.8, 4) is 0 Å². The molecule has 28 heavy (non-hydrogen) atoms. The van der Waals surface area contributed by atoms with Crippen molar-refractivity contribution in [2.75, 3.05) is 29.6 Å². The van der Waals surface area contributed by atoms with Crippen LogP contribution in [0.25, 0.3) is 0 Å². The first kappa shape index (κ1) is 19.3. The minimum atomic E-state index is -0.312. The Bertz CT molecular complexity index is 956. The van der Waals surface area contributed by atoms with Crippen LogP contribution in [0.2, 0.25) is 0 Å². The molecule has 0 atom stereocenters. The Balaban J connectivity index is 1.69. The van der Waals surface area contributed by atoms with Crippen LogP contribution in [0.5, 0.6) is 0 Å². The molecule has 7 heteroatoms. The molecule has 0 aliphatic rings. The van der Waals surface area contributed by atoms with Crippen molar-refractivity contribution in [3.05, 3.63) is 77.4 Å². The Morgan fingerprint density at radius 3 is 2.36 bits per heavy atom. The lowest BCUT2D eigenvalue weighted by Gasteiger charge is -2.13. The summed E-state index contributed by atoms with van der Waals surface area (Å²) in [5, 5.41) is 5.91. The largest absolute Gasteiger partial charge is 0.378 e. The van der Waals surface area contributed by atoms with Crippen molar-refractivity contribution in [2.24, 2.45) is 0 Å². The molecule has 0 radical (unpaired) electrons. The number of benzene rings is 2. The highest BCUT2D eigenvalue weighted by Gasteiger charge is 2.11. The Kier molecular flexibility index (Phi) is 5.84. The zero-order valence-electron chi connectivity index (χ0n) is 16.0. The van der Waals surface area contributed by atoms with E-state index in [1.54, 1.807) is 25.1 Å². The monoisotopic (exact) mass is 379 g/mol. The first-order valence-electron chi connectivity index (χ1n) is 8.83. The molecule has 0 aliphatic carbocycles. The van der Waals surface area contributed by atoms with E-state index in [1.165, 1.54) is 12.1 Å². The van der Waals surface area contributed by atoms with Gasteiger partial charge in [0.2, 0.25) is 5.95 Å². The third-order valence-corrected chi connectivity index (χ3v) is 4.09. The SMILES string of the molecule is Cc1cc(C(=O)Nc2ccc(N(C)C)cc2)nc(NCc2ccc(F)cc2)n1. The molecular formula is C21H22FN5O. The van der Waals surface area contributed by atoms with Crippen LogP contribution < -0.4 is 15.5 Å². The molecule has 0 aliphatic heterocycles. The number of carbonyl (C=O) groups excluding carboxylic acids is 1. The van der Waals surface area contributed by atoms with Crippen LogP contribution in [0.4, 0.5) is 21.7 Å². The van der Waals surface area contributed by atoms with Crippen molar-refractivity contribution >= 4 is 23.2 Å². The minimum Gasteiger partial charge on any atom is -0.378 e. The second-order valence-electron chi connectivity index (χ2n) is 6.59.